The molecule has 6 heteroatoms. The number of furan rings is 1. The molecule has 0 atom stereocenters. The molecule has 2 rings (SSSR count). The lowest BCUT2D eigenvalue weighted by atomic mass is 10.3. The van der Waals surface area contributed by atoms with E-state index >= 15 is 0 Å². The molecule has 0 saturated carbocycles. The summed E-state index contributed by atoms with van der Waals surface area (Å²) in [6.07, 6.45) is 1.66. The lowest BCUT2D eigenvalue weighted by Crippen LogP contribution is -2.34. The van der Waals surface area contributed by atoms with E-state index in [1.807, 2.05) is 30.3 Å². The Morgan fingerprint density at radius 3 is 2.65 bits per heavy atom. The smallest absolute Gasteiger partial charge is 0.286 e. The van der Waals surface area contributed by atoms with E-state index in [9.17, 15) is 9.59 Å². The number of likely N-dealkylation sites (N-methyl/N-ethyl adjacent to an activating group) is 1. The van der Waals surface area contributed by atoms with Crippen LogP contribution in [0, 0.1) is 0 Å². The number of carbonyl (C=O) groups is 2. The monoisotopic (exact) mass is 316 g/mol. The van der Waals surface area contributed by atoms with Gasteiger partial charge in [0, 0.05) is 20.0 Å². The minimum atomic E-state index is -0.321. The van der Waals surface area contributed by atoms with Crippen LogP contribution in [-0.2, 0) is 4.79 Å². The number of para-hydroxylation sites is 1. The molecule has 0 radical (unpaired) electrons. The zero-order valence-corrected chi connectivity index (χ0v) is 13.0. The van der Waals surface area contributed by atoms with E-state index in [2.05, 4.69) is 5.32 Å². The van der Waals surface area contributed by atoms with E-state index < -0.39 is 0 Å². The molecule has 0 saturated heterocycles. The van der Waals surface area contributed by atoms with Crippen molar-refractivity contribution in [2.75, 3.05) is 26.7 Å². The zero-order valence-electron chi connectivity index (χ0n) is 13.0. The van der Waals surface area contributed by atoms with Crippen molar-refractivity contribution in [2.24, 2.45) is 0 Å². The highest BCUT2D eigenvalue weighted by Crippen LogP contribution is 2.07. The quantitative estimate of drug-likeness (QED) is 0.808. The van der Waals surface area contributed by atoms with E-state index in [4.69, 9.17) is 9.15 Å². The SMILES string of the molecule is CN(CCOc1ccccc1)C(=O)CCNC(=O)c1ccco1. The number of amides is 2. The Morgan fingerprint density at radius 1 is 1.17 bits per heavy atom. The second kappa shape index (κ2) is 8.63. The third kappa shape index (κ3) is 5.50. The molecule has 1 aromatic heterocycles. The molecule has 2 aromatic rings. The van der Waals surface area contributed by atoms with Gasteiger partial charge in [0.15, 0.2) is 5.76 Å². The fourth-order valence-electron chi connectivity index (χ4n) is 1.91. The molecule has 0 bridgehead atoms. The normalized spacial score (nSPS) is 10.1. The third-order valence-corrected chi connectivity index (χ3v) is 3.23. The van der Waals surface area contributed by atoms with Gasteiger partial charge in [0.2, 0.25) is 5.91 Å². The number of benzene rings is 1. The summed E-state index contributed by atoms with van der Waals surface area (Å²) < 4.78 is 10.5. The predicted octanol–water partition coefficient (Wildman–Crippen LogP) is 1.94. The van der Waals surface area contributed by atoms with Gasteiger partial charge in [0.05, 0.1) is 12.8 Å². The molecule has 0 aliphatic carbocycles. The molecule has 2 amide bonds. The van der Waals surface area contributed by atoms with Gasteiger partial charge >= 0.3 is 0 Å². The van der Waals surface area contributed by atoms with Crippen molar-refractivity contribution in [1.82, 2.24) is 10.2 Å². The molecule has 1 heterocycles. The standard InChI is InChI=1S/C17H20N2O4/c1-19(11-13-22-14-6-3-2-4-7-14)16(20)9-10-18-17(21)15-8-5-12-23-15/h2-8,12H,9-11,13H2,1H3,(H,18,21). The van der Waals surface area contributed by atoms with Crippen LogP contribution in [0.3, 0.4) is 0 Å². The largest absolute Gasteiger partial charge is 0.492 e. The summed E-state index contributed by atoms with van der Waals surface area (Å²) in [5, 5.41) is 2.64. The Morgan fingerprint density at radius 2 is 1.96 bits per heavy atom. The van der Waals surface area contributed by atoms with Crippen LogP contribution in [0.25, 0.3) is 0 Å². The Labute approximate surface area is 135 Å². The average Bonchev–Trinajstić information content (AvgIpc) is 3.10. The summed E-state index contributed by atoms with van der Waals surface area (Å²) >= 11 is 0. The van der Waals surface area contributed by atoms with Crippen LogP contribution in [0.5, 0.6) is 5.75 Å². The van der Waals surface area contributed by atoms with E-state index in [1.165, 1.54) is 6.26 Å². The van der Waals surface area contributed by atoms with Crippen LogP contribution in [0.4, 0.5) is 0 Å². The lowest BCUT2D eigenvalue weighted by molar-refractivity contribution is -0.130. The highest BCUT2D eigenvalue weighted by atomic mass is 16.5. The number of hydrogen-bond acceptors (Lipinski definition) is 4. The molecular weight excluding hydrogens is 296 g/mol. The first-order valence-corrected chi connectivity index (χ1v) is 7.40. The highest BCUT2D eigenvalue weighted by Gasteiger charge is 2.11. The van der Waals surface area contributed by atoms with Crippen molar-refractivity contribution in [3.8, 4) is 5.75 Å². The molecular formula is C17H20N2O4. The van der Waals surface area contributed by atoms with Gasteiger partial charge in [0.25, 0.3) is 5.91 Å². The summed E-state index contributed by atoms with van der Waals surface area (Å²) in [5.74, 6) is 0.639. The number of ether oxygens (including phenoxy) is 1. The minimum Gasteiger partial charge on any atom is -0.492 e. The Hall–Kier alpha value is -2.76. The van der Waals surface area contributed by atoms with Gasteiger partial charge in [0.1, 0.15) is 12.4 Å². The van der Waals surface area contributed by atoms with Gasteiger partial charge in [-0.2, -0.15) is 0 Å². The van der Waals surface area contributed by atoms with Crippen LogP contribution >= 0.6 is 0 Å². The molecule has 0 aliphatic heterocycles. The predicted molar refractivity (Wildman–Crippen MR) is 85.2 cm³/mol. The van der Waals surface area contributed by atoms with Gasteiger partial charge in [-0.25, -0.2) is 0 Å². The van der Waals surface area contributed by atoms with Crippen molar-refractivity contribution in [2.45, 2.75) is 6.42 Å². The van der Waals surface area contributed by atoms with Gasteiger partial charge in [-0.15, -0.1) is 0 Å². The zero-order chi connectivity index (χ0) is 16.5. The molecule has 0 fully saturated rings. The summed E-state index contributed by atoms with van der Waals surface area (Å²) in [7, 11) is 1.71. The lowest BCUT2D eigenvalue weighted by Gasteiger charge is -2.17. The fourth-order valence-corrected chi connectivity index (χ4v) is 1.91. The van der Waals surface area contributed by atoms with Crippen molar-refractivity contribution in [3.63, 3.8) is 0 Å². The Kier molecular flexibility index (Phi) is 6.23. The maximum atomic E-state index is 11.9. The van der Waals surface area contributed by atoms with Gasteiger partial charge < -0.3 is 19.4 Å². The molecule has 122 valence electrons. The maximum absolute atomic E-state index is 11.9. The minimum absolute atomic E-state index is 0.0543. The Balaban J connectivity index is 1.62. The molecule has 1 N–H and O–H groups in total. The number of nitrogens with zero attached hydrogens (tertiary/aromatic N) is 1. The first-order chi connectivity index (χ1) is 11.2. The van der Waals surface area contributed by atoms with E-state index in [0.29, 0.717) is 13.2 Å². The molecule has 6 nitrogen and oxygen atoms in total. The van der Waals surface area contributed by atoms with E-state index in [0.717, 1.165) is 5.75 Å². The van der Waals surface area contributed by atoms with E-state index in [1.54, 1.807) is 24.1 Å². The molecule has 0 unspecified atom stereocenters. The molecule has 0 spiro atoms. The first kappa shape index (κ1) is 16.6. The van der Waals surface area contributed by atoms with Crippen molar-refractivity contribution in [3.05, 3.63) is 54.5 Å². The number of nitrogens with one attached hydrogen (secondary N) is 1. The van der Waals surface area contributed by atoms with Crippen LogP contribution < -0.4 is 10.1 Å². The number of rotatable bonds is 8. The molecule has 1 aromatic carbocycles. The summed E-state index contributed by atoms with van der Waals surface area (Å²) in [5.41, 5.74) is 0. The van der Waals surface area contributed by atoms with Crippen molar-refractivity contribution < 1.29 is 18.7 Å². The molecule has 0 aliphatic rings. The summed E-state index contributed by atoms with van der Waals surface area (Å²) in [6, 6.07) is 12.7. The fraction of sp³-hybridized carbons (Fsp3) is 0.294. The highest BCUT2D eigenvalue weighted by molar-refractivity contribution is 5.91. The van der Waals surface area contributed by atoms with Crippen LogP contribution in [0.15, 0.2) is 53.1 Å². The number of carbonyl (C=O) groups excluding carboxylic acids is 2. The van der Waals surface area contributed by atoms with Crippen LogP contribution in [0.2, 0.25) is 0 Å². The van der Waals surface area contributed by atoms with E-state index in [-0.39, 0.29) is 30.5 Å². The van der Waals surface area contributed by atoms with Crippen LogP contribution in [-0.4, -0.2) is 43.5 Å². The van der Waals surface area contributed by atoms with Crippen molar-refractivity contribution >= 4 is 11.8 Å². The first-order valence-electron chi connectivity index (χ1n) is 7.40. The van der Waals surface area contributed by atoms with Crippen molar-refractivity contribution in [1.29, 1.82) is 0 Å². The summed E-state index contributed by atoms with van der Waals surface area (Å²) in [6.45, 7) is 1.17. The van der Waals surface area contributed by atoms with Gasteiger partial charge in [-0.05, 0) is 24.3 Å². The van der Waals surface area contributed by atoms with Gasteiger partial charge in [-0.3, -0.25) is 9.59 Å². The number of hydrogen-bond donors (Lipinski definition) is 1. The third-order valence-electron chi connectivity index (χ3n) is 3.23. The second-order valence-electron chi connectivity index (χ2n) is 4.96. The Bertz CT molecular complexity index is 611. The molecule has 23 heavy (non-hydrogen) atoms. The average molecular weight is 316 g/mol. The van der Waals surface area contributed by atoms with Crippen LogP contribution in [0.1, 0.15) is 17.0 Å². The second-order valence-corrected chi connectivity index (χ2v) is 4.96. The maximum Gasteiger partial charge on any atom is 0.286 e. The topological polar surface area (TPSA) is 71.8 Å². The summed E-state index contributed by atoms with van der Waals surface area (Å²) in [4.78, 5) is 25.2. The van der Waals surface area contributed by atoms with Gasteiger partial charge in [-0.1, -0.05) is 18.2 Å².